The second kappa shape index (κ2) is 7.36. The quantitative estimate of drug-likeness (QED) is 0.321. The van der Waals surface area contributed by atoms with Crippen molar-refractivity contribution in [3.05, 3.63) is 90.5 Å². The fourth-order valence-corrected chi connectivity index (χ4v) is 4.10. The van der Waals surface area contributed by atoms with Crippen molar-refractivity contribution in [1.29, 1.82) is 0 Å². The molecule has 0 aliphatic heterocycles. The van der Waals surface area contributed by atoms with E-state index >= 15 is 0 Å². The van der Waals surface area contributed by atoms with Crippen LogP contribution in [0, 0.1) is 12.7 Å². The molecule has 152 valence electrons. The predicted octanol–water partition coefficient (Wildman–Crippen LogP) is 6.81. The molecule has 3 heterocycles. The molecule has 5 aromatic rings. The van der Waals surface area contributed by atoms with Crippen LogP contribution in [-0.4, -0.2) is 20.2 Å². The number of halogens is 1. The van der Waals surface area contributed by atoms with Crippen LogP contribution < -0.4 is 0 Å². The van der Waals surface area contributed by atoms with Gasteiger partial charge in [0.05, 0.1) is 22.9 Å². The summed E-state index contributed by atoms with van der Waals surface area (Å²) < 4.78 is 14.0. The van der Waals surface area contributed by atoms with Crippen molar-refractivity contribution in [2.45, 2.75) is 13.8 Å². The van der Waals surface area contributed by atoms with Crippen LogP contribution in [-0.2, 0) is 0 Å². The molecular weight excluding hydrogens is 387 g/mol. The fourth-order valence-electron chi connectivity index (χ4n) is 4.10. The van der Waals surface area contributed by atoms with E-state index in [-0.39, 0.29) is 5.82 Å². The molecule has 0 aliphatic carbocycles. The van der Waals surface area contributed by atoms with Crippen LogP contribution in [0.3, 0.4) is 0 Å². The molecule has 0 saturated carbocycles. The van der Waals surface area contributed by atoms with Crippen molar-refractivity contribution in [3.8, 4) is 22.5 Å². The third-order valence-corrected chi connectivity index (χ3v) is 5.58. The lowest BCUT2D eigenvalue weighted by Crippen LogP contribution is -1.85. The van der Waals surface area contributed by atoms with Crippen LogP contribution in [0.4, 0.5) is 4.39 Å². The zero-order valence-electron chi connectivity index (χ0n) is 17.3. The highest BCUT2D eigenvalue weighted by molar-refractivity contribution is 6.01. The Hall–Kier alpha value is -3.99. The Morgan fingerprint density at radius 1 is 1.03 bits per heavy atom. The van der Waals surface area contributed by atoms with Gasteiger partial charge in [0, 0.05) is 22.5 Å². The summed E-state index contributed by atoms with van der Waals surface area (Å²) in [6.45, 7) is 7.79. The number of nitrogens with zero attached hydrogens (tertiary/aromatic N) is 2. The lowest BCUT2D eigenvalue weighted by atomic mass is 10.0. The van der Waals surface area contributed by atoms with Crippen LogP contribution in [0.5, 0.6) is 0 Å². The van der Waals surface area contributed by atoms with E-state index in [4.69, 9.17) is 0 Å². The molecule has 2 aromatic carbocycles. The van der Waals surface area contributed by atoms with Crippen molar-refractivity contribution in [2.24, 2.45) is 0 Å². The van der Waals surface area contributed by atoms with Crippen LogP contribution in [0.25, 0.3) is 49.9 Å². The number of benzene rings is 2. The molecule has 4 nitrogen and oxygen atoms in total. The first-order valence-corrected chi connectivity index (χ1v) is 10.1. The first-order chi connectivity index (χ1) is 15.1. The largest absolute Gasteiger partial charge is 0.352 e. The first kappa shape index (κ1) is 19.0. The molecule has 0 unspecified atom stereocenters. The van der Waals surface area contributed by atoms with Gasteiger partial charge in [0.25, 0.3) is 0 Å². The molecule has 5 rings (SSSR count). The van der Waals surface area contributed by atoms with E-state index < -0.39 is 0 Å². The number of rotatable bonds is 4. The second-order valence-corrected chi connectivity index (χ2v) is 7.63. The number of hydrogen-bond donors (Lipinski definition) is 2. The van der Waals surface area contributed by atoms with Gasteiger partial charge in [-0.25, -0.2) is 4.39 Å². The number of H-pyrrole nitrogens is 2. The van der Waals surface area contributed by atoms with Crippen LogP contribution in [0.2, 0.25) is 0 Å². The molecule has 0 bridgehead atoms. The molecule has 31 heavy (non-hydrogen) atoms. The molecule has 0 aliphatic rings. The second-order valence-electron chi connectivity index (χ2n) is 7.63. The average Bonchev–Trinajstić information content (AvgIpc) is 3.37. The maximum absolute atomic E-state index is 14.0. The van der Waals surface area contributed by atoms with E-state index in [1.165, 1.54) is 6.07 Å². The molecule has 0 saturated heterocycles. The number of hydrogen-bond acceptors (Lipinski definition) is 2. The summed E-state index contributed by atoms with van der Waals surface area (Å²) in [5.74, 6) is -0.254. The highest BCUT2D eigenvalue weighted by Crippen LogP contribution is 2.34. The van der Waals surface area contributed by atoms with Gasteiger partial charge in [0.15, 0.2) is 0 Å². The monoisotopic (exact) mass is 408 g/mol. The van der Waals surface area contributed by atoms with E-state index in [1.54, 1.807) is 18.5 Å². The smallest absolute Gasteiger partial charge is 0.124 e. The SMILES string of the molecule is C=C/C(=C\C)c1ccc2[nH]nc(-c3cc4c(-c5cc(C)cc(F)c5)cncc4[nH]3)c2c1. The topological polar surface area (TPSA) is 57.4 Å². The molecule has 3 aromatic heterocycles. The summed E-state index contributed by atoms with van der Waals surface area (Å²) in [4.78, 5) is 7.80. The van der Waals surface area contributed by atoms with Gasteiger partial charge in [-0.1, -0.05) is 30.9 Å². The van der Waals surface area contributed by atoms with E-state index in [0.29, 0.717) is 0 Å². The Kier molecular flexibility index (Phi) is 4.51. The molecule has 0 atom stereocenters. The normalized spacial score (nSPS) is 12.0. The average molecular weight is 408 g/mol. The van der Waals surface area contributed by atoms with Gasteiger partial charge in [0.2, 0.25) is 0 Å². The van der Waals surface area contributed by atoms with E-state index in [2.05, 4.69) is 44.9 Å². The van der Waals surface area contributed by atoms with Gasteiger partial charge in [-0.2, -0.15) is 5.10 Å². The Morgan fingerprint density at radius 2 is 1.90 bits per heavy atom. The third-order valence-electron chi connectivity index (χ3n) is 5.58. The van der Waals surface area contributed by atoms with E-state index in [9.17, 15) is 4.39 Å². The highest BCUT2D eigenvalue weighted by atomic mass is 19.1. The van der Waals surface area contributed by atoms with Crippen molar-refractivity contribution >= 4 is 27.4 Å². The summed E-state index contributed by atoms with van der Waals surface area (Å²) in [5, 5.41) is 9.67. The lowest BCUT2D eigenvalue weighted by molar-refractivity contribution is 0.627. The molecule has 2 N–H and O–H groups in total. The minimum Gasteiger partial charge on any atom is -0.352 e. The van der Waals surface area contributed by atoms with E-state index in [0.717, 1.165) is 61.0 Å². The van der Waals surface area contributed by atoms with Crippen molar-refractivity contribution in [3.63, 3.8) is 0 Å². The number of aromatic amines is 2. The first-order valence-electron chi connectivity index (χ1n) is 10.1. The Labute approximate surface area is 179 Å². The van der Waals surface area contributed by atoms with Crippen LogP contribution in [0.15, 0.2) is 73.6 Å². The van der Waals surface area contributed by atoms with Gasteiger partial charge in [0.1, 0.15) is 11.5 Å². The fraction of sp³-hybridized carbons (Fsp3) is 0.0769. The summed E-state index contributed by atoms with van der Waals surface area (Å²) in [7, 11) is 0. The molecule has 0 amide bonds. The van der Waals surface area contributed by atoms with Crippen molar-refractivity contribution in [2.75, 3.05) is 0 Å². The minimum atomic E-state index is -0.254. The summed E-state index contributed by atoms with van der Waals surface area (Å²) >= 11 is 0. The summed E-state index contributed by atoms with van der Waals surface area (Å²) in [5.41, 5.74) is 8.24. The van der Waals surface area contributed by atoms with E-state index in [1.807, 2.05) is 38.1 Å². The number of aryl methyl sites for hydroxylation is 1. The zero-order valence-corrected chi connectivity index (χ0v) is 17.3. The van der Waals surface area contributed by atoms with Crippen LogP contribution in [0.1, 0.15) is 18.1 Å². The lowest BCUT2D eigenvalue weighted by Gasteiger charge is -2.05. The number of pyridine rings is 1. The molecule has 0 fully saturated rings. The van der Waals surface area contributed by atoms with Gasteiger partial charge in [-0.15, -0.1) is 0 Å². The Bertz CT molecular complexity index is 1470. The highest BCUT2D eigenvalue weighted by Gasteiger charge is 2.15. The maximum Gasteiger partial charge on any atom is 0.124 e. The minimum absolute atomic E-state index is 0.254. The Morgan fingerprint density at radius 3 is 2.68 bits per heavy atom. The summed E-state index contributed by atoms with van der Waals surface area (Å²) in [6, 6.07) is 13.3. The van der Waals surface area contributed by atoms with Crippen molar-refractivity contribution in [1.82, 2.24) is 20.2 Å². The van der Waals surface area contributed by atoms with Gasteiger partial charge in [-0.3, -0.25) is 10.1 Å². The van der Waals surface area contributed by atoms with Gasteiger partial charge in [-0.05, 0) is 66.4 Å². The molecule has 5 heteroatoms. The zero-order chi connectivity index (χ0) is 21.5. The number of aromatic nitrogens is 4. The van der Waals surface area contributed by atoms with Gasteiger partial charge >= 0.3 is 0 Å². The number of fused-ring (bicyclic) bond motifs is 2. The molecular formula is C26H21FN4. The summed E-state index contributed by atoms with van der Waals surface area (Å²) in [6.07, 6.45) is 7.44. The standard InChI is InChI=1S/C26H21FN4/c1-4-16(5-2)17-6-7-23-21(11-17)26(31-30-23)24-12-20-22(13-28-14-25(20)29-24)18-8-15(3)9-19(27)10-18/h4-14,29H,1H2,2-3H3,(H,30,31)/b16-5+. The van der Waals surface area contributed by atoms with Gasteiger partial charge < -0.3 is 4.98 Å². The molecule has 0 radical (unpaired) electrons. The molecule has 0 spiro atoms. The number of nitrogens with one attached hydrogen (secondary N) is 2. The third kappa shape index (κ3) is 3.24. The predicted molar refractivity (Wildman–Crippen MR) is 125 cm³/mol. The maximum atomic E-state index is 14.0. The number of allylic oxidation sites excluding steroid dienone is 3. The van der Waals surface area contributed by atoms with Crippen LogP contribution >= 0.6 is 0 Å². The Balaban J connectivity index is 1.69. The van der Waals surface area contributed by atoms with Crippen molar-refractivity contribution < 1.29 is 4.39 Å².